The zero-order valence-corrected chi connectivity index (χ0v) is 12.1. The standard InChI is InChI=1S/C13H16Cl2N2O2/c1-7-2-3-17(11(7)6-18)13(19)8-4-9(14)12(15)10(16)5-8/h4-5,7,11,18H,2-3,6,16H2,1H3. The summed E-state index contributed by atoms with van der Waals surface area (Å²) in [7, 11) is 0. The van der Waals surface area contributed by atoms with E-state index in [2.05, 4.69) is 0 Å². The van der Waals surface area contributed by atoms with Crippen molar-refractivity contribution in [3.8, 4) is 0 Å². The summed E-state index contributed by atoms with van der Waals surface area (Å²) in [6.45, 7) is 2.62. The molecule has 6 heteroatoms. The molecule has 1 aliphatic heterocycles. The Morgan fingerprint density at radius 1 is 1.53 bits per heavy atom. The Kier molecular flexibility index (Phi) is 4.23. The average Bonchev–Trinajstić information content (AvgIpc) is 2.75. The number of halogens is 2. The van der Waals surface area contributed by atoms with Crippen molar-refractivity contribution in [3.63, 3.8) is 0 Å². The van der Waals surface area contributed by atoms with Crippen LogP contribution in [0.25, 0.3) is 0 Å². The monoisotopic (exact) mass is 302 g/mol. The van der Waals surface area contributed by atoms with Crippen LogP contribution in [0.2, 0.25) is 10.0 Å². The SMILES string of the molecule is CC1CCN(C(=O)c2cc(N)c(Cl)c(Cl)c2)C1CO. The number of carbonyl (C=O) groups is 1. The molecular formula is C13H16Cl2N2O2. The third-order valence-corrected chi connectivity index (χ3v) is 4.45. The normalized spacial score (nSPS) is 22.8. The summed E-state index contributed by atoms with van der Waals surface area (Å²) in [6, 6.07) is 2.89. The third-order valence-electron chi connectivity index (χ3n) is 3.63. The van der Waals surface area contributed by atoms with Gasteiger partial charge in [-0.25, -0.2) is 0 Å². The molecular weight excluding hydrogens is 287 g/mol. The van der Waals surface area contributed by atoms with Gasteiger partial charge in [-0.05, 0) is 24.5 Å². The van der Waals surface area contributed by atoms with E-state index in [9.17, 15) is 9.90 Å². The first kappa shape index (κ1) is 14.4. The van der Waals surface area contributed by atoms with Crippen LogP contribution in [0.4, 0.5) is 5.69 Å². The number of aliphatic hydroxyl groups is 1. The van der Waals surface area contributed by atoms with E-state index in [0.717, 1.165) is 6.42 Å². The van der Waals surface area contributed by atoms with E-state index in [-0.39, 0.29) is 40.2 Å². The molecule has 19 heavy (non-hydrogen) atoms. The predicted molar refractivity (Wildman–Crippen MR) is 76.6 cm³/mol. The van der Waals surface area contributed by atoms with Crippen LogP contribution in [0.5, 0.6) is 0 Å². The second kappa shape index (κ2) is 5.57. The highest BCUT2D eigenvalue weighted by Gasteiger charge is 2.34. The van der Waals surface area contributed by atoms with Crippen LogP contribution in [0.3, 0.4) is 0 Å². The van der Waals surface area contributed by atoms with Crippen LogP contribution in [0.1, 0.15) is 23.7 Å². The number of aliphatic hydroxyl groups excluding tert-OH is 1. The fourth-order valence-electron chi connectivity index (χ4n) is 2.44. The molecule has 0 radical (unpaired) electrons. The van der Waals surface area contributed by atoms with Gasteiger partial charge in [-0.2, -0.15) is 0 Å². The number of nitrogen functional groups attached to an aromatic ring is 1. The minimum absolute atomic E-state index is 0.0380. The van der Waals surface area contributed by atoms with Crippen LogP contribution in [0, 0.1) is 5.92 Å². The molecule has 1 aromatic rings. The molecule has 0 aromatic heterocycles. The summed E-state index contributed by atoms with van der Waals surface area (Å²) in [5.74, 6) is 0.114. The number of rotatable bonds is 2. The first-order valence-corrected chi connectivity index (χ1v) is 6.87. The number of amides is 1. The zero-order chi connectivity index (χ0) is 14.2. The maximum absolute atomic E-state index is 12.4. The molecule has 3 N–H and O–H groups in total. The Morgan fingerprint density at radius 3 is 2.79 bits per heavy atom. The van der Waals surface area contributed by atoms with Crippen molar-refractivity contribution < 1.29 is 9.90 Å². The number of nitrogens with two attached hydrogens (primary N) is 1. The van der Waals surface area contributed by atoms with Crippen molar-refractivity contribution in [3.05, 3.63) is 27.7 Å². The fourth-order valence-corrected chi connectivity index (χ4v) is 2.77. The van der Waals surface area contributed by atoms with E-state index in [0.29, 0.717) is 12.1 Å². The Morgan fingerprint density at radius 2 is 2.21 bits per heavy atom. The number of benzene rings is 1. The average molecular weight is 303 g/mol. The van der Waals surface area contributed by atoms with Crippen molar-refractivity contribution >= 4 is 34.8 Å². The van der Waals surface area contributed by atoms with Crippen molar-refractivity contribution in [1.82, 2.24) is 4.90 Å². The molecule has 1 saturated heterocycles. The molecule has 0 bridgehead atoms. The molecule has 1 aromatic carbocycles. The van der Waals surface area contributed by atoms with E-state index in [1.54, 1.807) is 4.90 Å². The molecule has 0 spiro atoms. The van der Waals surface area contributed by atoms with Gasteiger partial charge in [0.15, 0.2) is 0 Å². The van der Waals surface area contributed by atoms with Gasteiger partial charge in [0.25, 0.3) is 5.91 Å². The Bertz CT molecular complexity index is 484. The van der Waals surface area contributed by atoms with Gasteiger partial charge in [-0.1, -0.05) is 30.1 Å². The molecule has 0 saturated carbocycles. The topological polar surface area (TPSA) is 66.6 Å². The highest BCUT2D eigenvalue weighted by atomic mass is 35.5. The van der Waals surface area contributed by atoms with Crippen LogP contribution in [0.15, 0.2) is 12.1 Å². The quantitative estimate of drug-likeness (QED) is 0.825. The lowest BCUT2D eigenvalue weighted by molar-refractivity contribution is 0.0648. The number of likely N-dealkylation sites (tertiary alicyclic amines) is 1. The Hall–Kier alpha value is -0.970. The number of nitrogens with zero attached hydrogens (tertiary/aromatic N) is 1. The van der Waals surface area contributed by atoms with Gasteiger partial charge in [-0.15, -0.1) is 0 Å². The fraction of sp³-hybridized carbons (Fsp3) is 0.462. The van der Waals surface area contributed by atoms with Gasteiger partial charge in [0, 0.05) is 12.1 Å². The summed E-state index contributed by atoms with van der Waals surface area (Å²) >= 11 is 11.8. The lowest BCUT2D eigenvalue weighted by atomic mass is 10.0. The van der Waals surface area contributed by atoms with Gasteiger partial charge in [-0.3, -0.25) is 4.79 Å². The smallest absolute Gasteiger partial charge is 0.254 e. The van der Waals surface area contributed by atoms with Gasteiger partial charge in [0.05, 0.1) is 28.4 Å². The summed E-state index contributed by atoms with van der Waals surface area (Å²) in [4.78, 5) is 14.1. The van der Waals surface area contributed by atoms with E-state index < -0.39 is 0 Å². The molecule has 1 amide bonds. The highest BCUT2D eigenvalue weighted by Crippen LogP contribution is 2.31. The Labute approximate surface area is 122 Å². The maximum atomic E-state index is 12.4. The lowest BCUT2D eigenvalue weighted by Crippen LogP contribution is -2.39. The van der Waals surface area contributed by atoms with Crippen molar-refractivity contribution in [2.45, 2.75) is 19.4 Å². The van der Waals surface area contributed by atoms with Crippen molar-refractivity contribution in [2.75, 3.05) is 18.9 Å². The summed E-state index contributed by atoms with van der Waals surface area (Å²) < 4.78 is 0. The molecule has 2 rings (SSSR count). The minimum atomic E-state index is -0.173. The van der Waals surface area contributed by atoms with E-state index >= 15 is 0 Å². The van der Waals surface area contributed by atoms with Crippen molar-refractivity contribution in [1.29, 1.82) is 0 Å². The first-order valence-electron chi connectivity index (χ1n) is 6.12. The summed E-state index contributed by atoms with van der Waals surface area (Å²) in [6.07, 6.45) is 0.883. The largest absolute Gasteiger partial charge is 0.397 e. The lowest BCUT2D eigenvalue weighted by Gasteiger charge is -2.25. The van der Waals surface area contributed by atoms with Gasteiger partial charge in [0.2, 0.25) is 0 Å². The van der Waals surface area contributed by atoms with Crippen molar-refractivity contribution in [2.24, 2.45) is 5.92 Å². The molecule has 0 aliphatic carbocycles. The van der Waals surface area contributed by atoms with Gasteiger partial charge >= 0.3 is 0 Å². The van der Waals surface area contributed by atoms with Crippen LogP contribution >= 0.6 is 23.2 Å². The van der Waals surface area contributed by atoms with E-state index in [4.69, 9.17) is 28.9 Å². The third kappa shape index (κ3) is 2.66. The number of hydrogen-bond acceptors (Lipinski definition) is 3. The molecule has 104 valence electrons. The van der Waals surface area contributed by atoms with Crippen LogP contribution in [-0.2, 0) is 0 Å². The second-order valence-corrected chi connectivity index (χ2v) is 5.66. The predicted octanol–water partition coefficient (Wildman–Crippen LogP) is 2.42. The van der Waals surface area contributed by atoms with Crippen LogP contribution in [-0.4, -0.2) is 35.1 Å². The number of anilines is 1. The first-order chi connectivity index (χ1) is 8.95. The van der Waals surface area contributed by atoms with Gasteiger partial charge in [0.1, 0.15) is 0 Å². The second-order valence-electron chi connectivity index (χ2n) is 4.88. The highest BCUT2D eigenvalue weighted by molar-refractivity contribution is 6.43. The van der Waals surface area contributed by atoms with E-state index in [1.807, 2.05) is 6.92 Å². The molecule has 1 aliphatic rings. The minimum Gasteiger partial charge on any atom is -0.397 e. The maximum Gasteiger partial charge on any atom is 0.254 e. The molecule has 2 unspecified atom stereocenters. The summed E-state index contributed by atoms with van der Waals surface area (Å²) in [5.41, 5.74) is 6.40. The van der Waals surface area contributed by atoms with Crippen LogP contribution < -0.4 is 5.73 Å². The number of hydrogen-bond donors (Lipinski definition) is 2. The Balaban J connectivity index is 2.30. The molecule has 1 heterocycles. The molecule has 4 nitrogen and oxygen atoms in total. The number of carbonyl (C=O) groups excluding carboxylic acids is 1. The molecule has 2 atom stereocenters. The molecule has 1 fully saturated rings. The summed E-state index contributed by atoms with van der Waals surface area (Å²) in [5, 5.41) is 9.91. The zero-order valence-electron chi connectivity index (χ0n) is 10.6. The van der Waals surface area contributed by atoms with Gasteiger partial charge < -0.3 is 15.7 Å². The van der Waals surface area contributed by atoms with E-state index in [1.165, 1.54) is 12.1 Å².